The first-order valence-corrected chi connectivity index (χ1v) is 6.16. The van der Waals surface area contributed by atoms with E-state index in [1.54, 1.807) is 0 Å². The Labute approximate surface area is 97.2 Å². The fourth-order valence-electron chi connectivity index (χ4n) is 2.26. The smallest absolute Gasteiger partial charge is 0.0645 e. The number of rotatable bonds is 4. The highest BCUT2D eigenvalue weighted by molar-refractivity contribution is 7.80. The van der Waals surface area contributed by atoms with Gasteiger partial charge in [0.15, 0.2) is 0 Å². The van der Waals surface area contributed by atoms with Gasteiger partial charge >= 0.3 is 0 Å². The van der Waals surface area contributed by atoms with Gasteiger partial charge in [0, 0.05) is 30.0 Å². The standard InChI is InChI=1S/C11H20N2OS/c1-8(2)13(10-6-14-7-10)5-9-3-11(15)4-12-9/h8-10,12H,3-7H2,1-2H3. The van der Waals surface area contributed by atoms with Crippen molar-refractivity contribution in [1.82, 2.24) is 10.2 Å². The van der Waals surface area contributed by atoms with Gasteiger partial charge in [-0.3, -0.25) is 4.90 Å². The average molecular weight is 228 g/mol. The molecule has 2 heterocycles. The zero-order valence-electron chi connectivity index (χ0n) is 9.53. The third kappa shape index (κ3) is 2.75. The van der Waals surface area contributed by atoms with Crippen molar-refractivity contribution in [3.63, 3.8) is 0 Å². The molecule has 1 unspecified atom stereocenters. The van der Waals surface area contributed by atoms with Gasteiger partial charge in [0.1, 0.15) is 0 Å². The maximum Gasteiger partial charge on any atom is 0.0645 e. The van der Waals surface area contributed by atoms with Crippen molar-refractivity contribution in [3.8, 4) is 0 Å². The van der Waals surface area contributed by atoms with Crippen LogP contribution in [0.4, 0.5) is 0 Å². The van der Waals surface area contributed by atoms with Crippen LogP contribution in [-0.4, -0.2) is 54.2 Å². The van der Waals surface area contributed by atoms with E-state index in [2.05, 4.69) is 24.1 Å². The van der Waals surface area contributed by atoms with E-state index in [0.29, 0.717) is 18.1 Å². The van der Waals surface area contributed by atoms with Gasteiger partial charge in [0.05, 0.1) is 19.3 Å². The van der Waals surface area contributed by atoms with Crippen LogP contribution in [0.1, 0.15) is 20.3 Å². The summed E-state index contributed by atoms with van der Waals surface area (Å²) in [6.45, 7) is 8.33. The van der Waals surface area contributed by atoms with Crippen molar-refractivity contribution in [2.24, 2.45) is 0 Å². The lowest BCUT2D eigenvalue weighted by molar-refractivity contribution is -0.0769. The lowest BCUT2D eigenvalue weighted by Gasteiger charge is -2.41. The molecule has 1 atom stereocenters. The van der Waals surface area contributed by atoms with Crippen molar-refractivity contribution in [2.45, 2.75) is 38.4 Å². The van der Waals surface area contributed by atoms with Gasteiger partial charge in [-0.15, -0.1) is 0 Å². The summed E-state index contributed by atoms with van der Waals surface area (Å²) in [6.07, 6.45) is 1.06. The summed E-state index contributed by atoms with van der Waals surface area (Å²) in [4.78, 5) is 3.71. The van der Waals surface area contributed by atoms with Gasteiger partial charge in [0.2, 0.25) is 0 Å². The normalized spacial score (nSPS) is 27.7. The van der Waals surface area contributed by atoms with Gasteiger partial charge < -0.3 is 10.1 Å². The van der Waals surface area contributed by atoms with Crippen molar-refractivity contribution >= 4 is 17.1 Å². The quantitative estimate of drug-likeness (QED) is 0.720. The van der Waals surface area contributed by atoms with Crippen LogP contribution in [0.5, 0.6) is 0 Å². The highest BCUT2D eigenvalue weighted by Gasteiger charge is 2.31. The molecule has 4 heteroatoms. The van der Waals surface area contributed by atoms with Crippen LogP contribution in [-0.2, 0) is 4.74 Å². The Bertz CT molecular complexity index is 241. The predicted molar refractivity (Wildman–Crippen MR) is 65.5 cm³/mol. The van der Waals surface area contributed by atoms with Crippen LogP contribution < -0.4 is 5.32 Å². The Morgan fingerprint density at radius 3 is 2.67 bits per heavy atom. The molecule has 0 aromatic carbocycles. The fourth-order valence-corrected chi connectivity index (χ4v) is 2.54. The molecule has 2 fully saturated rings. The molecule has 2 aliphatic rings. The molecule has 0 saturated carbocycles. The van der Waals surface area contributed by atoms with Crippen LogP contribution in [0.2, 0.25) is 0 Å². The number of hydrogen-bond donors (Lipinski definition) is 1. The minimum Gasteiger partial charge on any atom is -0.378 e. The summed E-state index contributed by atoms with van der Waals surface area (Å²) < 4.78 is 5.26. The van der Waals surface area contributed by atoms with Crippen molar-refractivity contribution in [3.05, 3.63) is 0 Å². The lowest BCUT2D eigenvalue weighted by Crippen LogP contribution is -2.55. The molecule has 3 nitrogen and oxygen atoms in total. The van der Waals surface area contributed by atoms with E-state index < -0.39 is 0 Å². The van der Waals surface area contributed by atoms with E-state index in [1.807, 2.05) is 0 Å². The number of nitrogens with zero attached hydrogens (tertiary/aromatic N) is 1. The van der Waals surface area contributed by atoms with Crippen molar-refractivity contribution in [2.75, 3.05) is 26.3 Å². The van der Waals surface area contributed by atoms with Crippen LogP contribution in [0.25, 0.3) is 0 Å². The topological polar surface area (TPSA) is 24.5 Å². The molecule has 2 saturated heterocycles. The highest BCUT2D eigenvalue weighted by Crippen LogP contribution is 2.16. The minimum atomic E-state index is 0.556. The Morgan fingerprint density at radius 1 is 1.53 bits per heavy atom. The summed E-state index contributed by atoms with van der Waals surface area (Å²) in [5.74, 6) is 0. The lowest BCUT2D eigenvalue weighted by atomic mass is 10.1. The zero-order chi connectivity index (χ0) is 10.8. The van der Waals surface area contributed by atoms with Gasteiger partial charge in [-0.2, -0.15) is 0 Å². The van der Waals surface area contributed by atoms with E-state index in [-0.39, 0.29) is 0 Å². The molecule has 1 N–H and O–H groups in total. The summed E-state index contributed by atoms with van der Waals surface area (Å²) >= 11 is 5.22. The summed E-state index contributed by atoms with van der Waals surface area (Å²) in [6, 6.07) is 1.77. The van der Waals surface area contributed by atoms with Crippen molar-refractivity contribution < 1.29 is 4.74 Å². The molecule has 0 radical (unpaired) electrons. The van der Waals surface area contributed by atoms with E-state index in [4.69, 9.17) is 17.0 Å². The number of ether oxygens (including phenoxy) is 1. The van der Waals surface area contributed by atoms with Crippen molar-refractivity contribution in [1.29, 1.82) is 0 Å². The predicted octanol–water partition coefficient (Wildman–Crippen LogP) is 0.827. The summed E-state index contributed by atoms with van der Waals surface area (Å²) in [5.41, 5.74) is 0. The molecular formula is C11H20N2OS. The summed E-state index contributed by atoms with van der Waals surface area (Å²) in [7, 11) is 0. The molecule has 0 aliphatic carbocycles. The maximum atomic E-state index is 5.26. The molecule has 0 amide bonds. The van der Waals surface area contributed by atoms with Crippen LogP contribution in [0.3, 0.4) is 0 Å². The van der Waals surface area contributed by atoms with Gasteiger partial charge in [-0.05, 0) is 20.3 Å². The van der Waals surface area contributed by atoms with E-state index in [1.165, 1.54) is 4.86 Å². The van der Waals surface area contributed by atoms with E-state index in [9.17, 15) is 0 Å². The number of hydrogen-bond acceptors (Lipinski definition) is 4. The molecule has 2 rings (SSSR count). The first kappa shape index (κ1) is 11.5. The molecule has 0 spiro atoms. The van der Waals surface area contributed by atoms with Gasteiger partial charge in [0.25, 0.3) is 0 Å². The Morgan fingerprint density at radius 2 is 2.27 bits per heavy atom. The number of thiocarbonyl (C=S) groups is 1. The summed E-state index contributed by atoms with van der Waals surface area (Å²) in [5, 5.41) is 3.47. The first-order chi connectivity index (χ1) is 7.16. The molecule has 2 aliphatic heterocycles. The first-order valence-electron chi connectivity index (χ1n) is 5.75. The third-order valence-electron chi connectivity index (χ3n) is 3.25. The SMILES string of the molecule is CC(C)N(CC1CC(=S)CN1)C1COC1. The number of nitrogens with one attached hydrogen (secondary N) is 1. The third-order valence-corrected chi connectivity index (χ3v) is 3.56. The molecule has 0 aromatic heterocycles. The van der Waals surface area contributed by atoms with E-state index >= 15 is 0 Å². The second kappa shape index (κ2) is 4.87. The Kier molecular flexibility index (Phi) is 3.72. The van der Waals surface area contributed by atoms with Crippen LogP contribution in [0, 0.1) is 0 Å². The highest BCUT2D eigenvalue weighted by atomic mass is 32.1. The largest absolute Gasteiger partial charge is 0.378 e. The van der Waals surface area contributed by atoms with Crippen LogP contribution in [0.15, 0.2) is 0 Å². The minimum absolute atomic E-state index is 0.556. The molecule has 0 aromatic rings. The second-order valence-corrected chi connectivity index (χ2v) is 5.38. The van der Waals surface area contributed by atoms with E-state index in [0.717, 1.165) is 32.7 Å². The maximum absolute atomic E-state index is 5.26. The average Bonchev–Trinajstić information content (AvgIpc) is 2.47. The Balaban J connectivity index is 1.85. The van der Waals surface area contributed by atoms with Gasteiger partial charge in [-0.1, -0.05) is 12.2 Å². The second-order valence-electron chi connectivity index (χ2n) is 4.80. The Hall–Kier alpha value is -0.0300. The molecular weight excluding hydrogens is 208 g/mol. The fraction of sp³-hybridized carbons (Fsp3) is 0.909. The molecule has 0 bridgehead atoms. The van der Waals surface area contributed by atoms with Crippen LogP contribution >= 0.6 is 12.2 Å². The molecule has 15 heavy (non-hydrogen) atoms. The zero-order valence-corrected chi connectivity index (χ0v) is 10.3. The van der Waals surface area contributed by atoms with Gasteiger partial charge in [-0.25, -0.2) is 0 Å². The molecule has 86 valence electrons. The monoisotopic (exact) mass is 228 g/mol.